The van der Waals surface area contributed by atoms with Gasteiger partial charge in [0, 0.05) is 12.2 Å². The summed E-state index contributed by atoms with van der Waals surface area (Å²) in [6, 6.07) is 0. The number of carboxylic acids is 1. The fourth-order valence-corrected chi connectivity index (χ4v) is 1.29. The van der Waals surface area contributed by atoms with Crippen LogP contribution in [0.4, 0.5) is 0 Å². The van der Waals surface area contributed by atoms with Crippen molar-refractivity contribution in [3.63, 3.8) is 0 Å². The maximum Gasteiger partial charge on any atom is 0.303 e. The van der Waals surface area contributed by atoms with Crippen LogP contribution in [0.25, 0.3) is 0 Å². The van der Waals surface area contributed by atoms with Crippen molar-refractivity contribution >= 4 is 17.0 Å². The molecule has 0 spiro atoms. The van der Waals surface area contributed by atoms with Crippen molar-refractivity contribution in [3.05, 3.63) is 0 Å². The van der Waals surface area contributed by atoms with E-state index in [4.69, 9.17) is 5.11 Å². The third-order valence-corrected chi connectivity index (χ3v) is 2.07. The molecule has 0 amide bonds. The average Bonchev–Trinajstić information content (AvgIpc) is 1.95. The molecule has 0 rings (SSSR count). The van der Waals surface area contributed by atoms with Crippen molar-refractivity contribution in [2.45, 2.75) is 32.1 Å². The molecular formula is C7H13O4S-. The molecule has 0 aliphatic heterocycles. The lowest BCUT2D eigenvalue weighted by Crippen LogP contribution is -1.96. The molecule has 0 aromatic carbocycles. The van der Waals surface area contributed by atoms with E-state index in [1.165, 1.54) is 0 Å². The molecule has 0 radical (unpaired) electrons. The van der Waals surface area contributed by atoms with Gasteiger partial charge in [0.1, 0.15) is 0 Å². The number of hydrogen-bond donors (Lipinski definition) is 1. The van der Waals surface area contributed by atoms with Crippen LogP contribution in [0.3, 0.4) is 0 Å². The Bertz CT molecular complexity index is 139. The molecule has 0 aromatic heterocycles. The highest BCUT2D eigenvalue weighted by atomic mass is 32.2. The molecular weight excluding hydrogens is 180 g/mol. The Balaban J connectivity index is 3.01. The first-order chi connectivity index (χ1) is 5.63. The molecule has 4 nitrogen and oxygen atoms in total. The van der Waals surface area contributed by atoms with E-state index >= 15 is 0 Å². The molecule has 1 N–H and O–H groups in total. The molecule has 0 aliphatic rings. The quantitative estimate of drug-likeness (QED) is 0.481. The number of carbonyl (C=O) groups is 1. The van der Waals surface area contributed by atoms with Crippen LogP contribution in [0.1, 0.15) is 32.1 Å². The zero-order chi connectivity index (χ0) is 9.40. The molecule has 12 heavy (non-hydrogen) atoms. The van der Waals surface area contributed by atoms with Gasteiger partial charge in [0.15, 0.2) is 0 Å². The summed E-state index contributed by atoms with van der Waals surface area (Å²) in [6.45, 7) is 0. The van der Waals surface area contributed by atoms with E-state index in [9.17, 15) is 13.6 Å². The third-order valence-electron chi connectivity index (χ3n) is 1.45. The van der Waals surface area contributed by atoms with Gasteiger partial charge in [0.05, 0.1) is 0 Å². The Hall–Kier alpha value is -0.420. The molecule has 0 saturated heterocycles. The van der Waals surface area contributed by atoms with Crippen LogP contribution in [0.5, 0.6) is 0 Å². The monoisotopic (exact) mass is 193 g/mol. The van der Waals surface area contributed by atoms with Crippen LogP contribution >= 0.6 is 0 Å². The van der Waals surface area contributed by atoms with Crippen LogP contribution in [-0.2, 0) is 15.9 Å². The van der Waals surface area contributed by atoms with E-state index < -0.39 is 17.0 Å². The van der Waals surface area contributed by atoms with E-state index in [0.29, 0.717) is 12.8 Å². The standard InChI is InChI=1S/C7H14O4S/c8-7(9)5-3-1-2-4-6-12(10)11/h1-6H2,(H,8,9)(H,10,11)/p-1. The summed E-state index contributed by atoms with van der Waals surface area (Å²) in [4.78, 5) is 10.0. The van der Waals surface area contributed by atoms with Crippen LogP contribution in [-0.4, -0.2) is 25.6 Å². The van der Waals surface area contributed by atoms with Gasteiger partial charge in [0.25, 0.3) is 0 Å². The summed E-state index contributed by atoms with van der Waals surface area (Å²) in [5.41, 5.74) is 0. The van der Waals surface area contributed by atoms with Crippen molar-refractivity contribution in [3.8, 4) is 0 Å². The summed E-state index contributed by atoms with van der Waals surface area (Å²) in [6.07, 6.45) is 3.04. The minimum Gasteiger partial charge on any atom is -0.772 e. The lowest BCUT2D eigenvalue weighted by Gasteiger charge is -2.03. The number of aliphatic carboxylic acids is 1. The Kier molecular flexibility index (Phi) is 6.99. The molecule has 0 fully saturated rings. The van der Waals surface area contributed by atoms with Crippen molar-refractivity contribution in [2.75, 3.05) is 5.75 Å². The minimum absolute atomic E-state index is 0.181. The summed E-state index contributed by atoms with van der Waals surface area (Å²) in [7, 11) is 0. The van der Waals surface area contributed by atoms with Crippen molar-refractivity contribution in [2.24, 2.45) is 0 Å². The first-order valence-corrected chi connectivity index (χ1v) is 5.15. The third kappa shape index (κ3) is 9.58. The highest BCUT2D eigenvalue weighted by Crippen LogP contribution is 2.03. The number of hydrogen-bond acceptors (Lipinski definition) is 3. The molecule has 0 saturated carbocycles. The van der Waals surface area contributed by atoms with Gasteiger partial charge >= 0.3 is 5.97 Å². The highest BCUT2D eigenvalue weighted by Gasteiger charge is 1.95. The van der Waals surface area contributed by atoms with E-state index in [1.54, 1.807) is 0 Å². The molecule has 0 heterocycles. The average molecular weight is 193 g/mol. The minimum atomic E-state index is -1.95. The van der Waals surface area contributed by atoms with Crippen LogP contribution in [0.15, 0.2) is 0 Å². The second-order valence-electron chi connectivity index (χ2n) is 2.57. The van der Waals surface area contributed by atoms with E-state index in [2.05, 4.69) is 0 Å². The summed E-state index contributed by atoms with van der Waals surface area (Å²) < 4.78 is 20.1. The number of carboxylic acid groups (broad SMARTS) is 1. The highest BCUT2D eigenvalue weighted by molar-refractivity contribution is 7.79. The number of rotatable bonds is 7. The fourth-order valence-electron chi connectivity index (χ4n) is 0.850. The Morgan fingerprint density at radius 3 is 2.33 bits per heavy atom. The lowest BCUT2D eigenvalue weighted by molar-refractivity contribution is -0.137. The van der Waals surface area contributed by atoms with E-state index in [0.717, 1.165) is 12.8 Å². The second-order valence-corrected chi connectivity index (χ2v) is 3.58. The number of unbranched alkanes of at least 4 members (excludes halogenated alkanes) is 3. The summed E-state index contributed by atoms with van der Waals surface area (Å²) in [5.74, 6) is -0.602. The maximum absolute atomic E-state index is 10.0. The zero-order valence-electron chi connectivity index (χ0n) is 6.82. The largest absolute Gasteiger partial charge is 0.772 e. The molecule has 0 aromatic rings. The van der Waals surface area contributed by atoms with E-state index in [-0.39, 0.29) is 12.2 Å². The molecule has 5 heteroatoms. The maximum atomic E-state index is 10.0. The predicted molar refractivity (Wildman–Crippen MR) is 44.5 cm³/mol. The summed E-state index contributed by atoms with van der Waals surface area (Å²) in [5, 5.41) is 8.26. The normalized spacial score (nSPS) is 12.8. The Morgan fingerprint density at radius 2 is 1.83 bits per heavy atom. The Morgan fingerprint density at radius 1 is 1.25 bits per heavy atom. The fraction of sp³-hybridized carbons (Fsp3) is 0.857. The van der Waals surface area contributed by atoms with Gasteiger partial charge in [-0.3, -0.25) is 9.00 Å². The van der Waals surface area contributed by atoms with Gasteiger partial charge in [0.2, 0.25) is 0 Å². The van der Waals surface area contributed by atoms with Gasteiger partial charge in [-0.2, -0.15) is 0 Å². The zero-order valence-corrected chi connectivity index (χ0v) is 7.64. The van der Waals surface area contributed by atoms with Crippen LogP contribution < -0.4 is 0 Å². The first kappa shape index (κ1) is 11.6. The van der Waals surface area contributed by atoms with Crippen molar-refractivity contribution in [1.82, 2.24) is 0 Å². The molecule has 72 valence electrons. The molecule has 0 bridgehead atoms. The van der Waals surface area contributed by atoms with Crippen LogP contribution in [0.2, 0.25) is 0 Å². The lowest BCUT2D eigenvalue weighted by atomic mass is 10.2. The van der Waals surface area contributed by atoms with Gasteiger partial charge < -0.3 is 9.66 Å². The van der Waals surface area contributed by atoms with Crippen molar-refractivity contribution < 1.29 is 18.7 Å². The van der Waals surface area contributed by atoms with Crippen LogP contribution in [0, 0.1) is 0 Å². The van der Waals surface area contributed by atoms with Gasteiger partial charge in [-0.05, 0) is 12.8 Å². The smallest absolute Gasteiger partial charge is 0.303 e. The van der Waals surface area contributed by atoms with E-state index in [1.807, 2.05) is 0 Å². The first-order valence-electron chi connectivity index (χ1n) is 3.90. The Labute approximate surface area is 74.3 Å². The molecule has 1 atom stereocenters. The molecule has 1 unspecified atom stereocenters. The van der Waals surface area contributed by atoms with Gasteiger partial charge in [-0.1, -0.05) is 23.9 Å². The van der Waals surface area contributed by atoms with Crippen molar-refractivity contribution in [1.29, 1.82) is 0 Å². The van der Waals surface area contributed by atoms with Gasteiger partial charge in [-0.25, -0.2) is 0 Å². The predicted octanol–water partition coefficient (Wildman–Crippen LogP) is 0.901. The topological polar surface area (TPSA) is 77.4 Å². The summed E-state index contributed by atoms with van der Waals surface area (Å²) >= 11 is -1.95. The second kappa shape index (κ2) is 7.24. The molecule has 0 aliphatic carbocycles. The SMILES string of the molecule is O=C(O)CCCCCCS(=O)[O-]. The van der Waals surface area contributed by atoms with Gasteiger partial charge in [-0.15, -0.1) is 0 Å².